The Kier molecular flexibility index (Phi) is 5.88. The molecule has 4 nitrogen and oxygen atoms in total. The maximum Gasteiger partial charge on any atom is 0.317 e. The van der Waals surface area contributed by atoms with Crippen LogP contribution in [0.25, 0.3) is 0 Å². The van der Waals surface area contributed by atoms with Crippen molar-refractivity contribution in [2.75, 3.05) is 0 Å². The molecule has 0 spiro atoms. The van der Waals surface area contributed by atoms with Crippen molar-refractivity contribution < 1.29 is 16.5 Å². The summed E-state index contributed by atoms with van der Waals surface area (Å²) in [6.45, 7) is 19.8. The second kappa shape index (κ2) is 6.20. The molecule has 0 saturated carbocycles. The van der Waals surface area contributed by atoms with E-state index in [0.29, 0.717) is 0 Å². The van der Waals surface area contributed by atoms with Gasteiger partial charge in [-0.25, -0.2) is 0 Å². The topological polar surface area (TPSA) is 36.9 Å². The van der Waals surface area contributed by atoms with Crippen LogP contribution >= 0.6 is 0 Å². The Hall–Kier alpha value is 0.924. The van der Waals surface area contributed by atoms with Crippen LogP contribution in [0, 0.1) is 0 Å². The van der Waals surface area contributed by atoms with Crippen molar-refractivity contribution in [2.24, 2.45) is 0 Å². The average molecular weight is 368 g/mol. The van der Waals surface area contributed by atoms with E-state index in [9.17, 15) is 0 Å². The van der Waals surface area contributed by atoms with Gasteiger partial charge in [0.2, 0.25) is 0 Å². The van der Waals surface area contributed by atoms with E-state index in [-0.39, 0.29) is 0 Å². The van der Waals surface area contributed by atoms with Crippen LogP contribution in [0.5, 0.6) is 0 Å². The molecule has 0 aromatic heterocycles. The van der Waals surface area contributed by atoms with E-state index in [1.807, 2.05) is 0 Å². The largest absolute Gasteiger partial charge is 0.456 e. The SMILES string of the molecule is C[Si](CC[Si]1(C)O[Si](C)(C)O[Si](C)(C)O1)O[Si](C)(C)C. The molecule has 0 amide bonds. The smallest absolute Gasteiger partial charge is 0.317 e. The average Bonchev–Trinajstić information content (AvgIpc) is 2.05. The van der Waals surface area contributed by atoms with Crippen LogP contribution in [0.4, 0.5) is 0 Å². The summed E-state index contributed by atoms with van der Waals surface area (Å²) in [6.07, 6.45) is 0. The Morgan fingerprint density at radius 3 is 1.75 bits per heavy atom. The molecule has 20 heavy (non-hydrogen) atoms. The molecular formula is C11H31O4Si5. The minimum atomic E-state index is -2.09. The van der Waals surface area contributed by atoms with Gasteiger partial charge in [0, 0.05) is 0 Å². The Bertz CT molecular complexity index is 326. The molecule has 1 heterocycles. The molecular weight excluding hydrogens is 337 g/mol. The second-order valence-corrected chi connectivity index (χ2v) is 25.4. The maximum atomic E-state index is 6.32. The summed E-state index contributed by atoms with van der Waals surface area (Å²) in [5.41, 5.74) is 0. The molecule has 1 radical (unpaired) electrons. The fraction of sp³-hybridized carbons (Fsp3) is 1.00. The van der Waals surface area contributed by atoms with E-state index in [4.69, 9.17) is 16.5 Å². The lowest BCUT2D eigenvalue weighted by Crippen LogP contribution is -2.65. The lowest BCUT2D eigenvalue weighted by Gasteiger charge is -2.48. The zero-order valence-electron chi connectivity index (χ0n) is 14.5. The molecule has 0 atom stereocenters. The predicted octanol–water partition coefficient (Wildman–Crippen LogP) is 4.00. The summed E-state index contributed by atoms with van der Waals surface area (Å²) in [5, 5.41) is 0. The van der Waals surface area contributed by atoms with Crippen molar-refractivity contribution in [1.82, 2.24) is 0 Å². The van der Waals surface area contributed by atoms with Crippen LogP contribution in [0.3, 0.4) is 0 Å². The van der Waals surface area contributed by atoms with Crippen LogP contribution in [0.15, 0.2) is 0 Å². The summed E-state index contributed by atoms with van der Waals surface area (Å²) in [6, 6.07) is 2.16. The van der Waals surface area contributed by atoms with Gasteiger partial charge in [0.15, 0.2) is 17.4 Å². The Morgan fingerprint density at radius 2 is 1.35 bits per heavy atom. The first-order chi connectivity index (χ1) is 8.72. The molecule has 0 N–H and O–H groups in total. The van der Waals surface area contributed by atoms with Crippen molar-refractivity contribution >= 4 is 43.0 Å². The van der Waals surface area contributed by atoms with E-state index in [0.717, 1.165) is 12.1 Å². The van der Waals surface area contributed by atoms with Gasteiger partial charge in [-0.2, -0.15) is 0 Å². The third-order valence-corrected chi connectivity index (χ3v) is 20.6. The van der Waals surface area contributed by atoms with E-state index < -0.39 is 43.0 Å². The van der Waals surface area contributed by atoms with Gasteiger partial charge >= 0.3 is 25.7 Å². The predicted molar refractivity (Wildman–Crippen MR) is 95.5 cm³/mol. The van der Waals surface area contributed by atoms with Crippen molar-refractivity contribution in [3.63, 3.8) is 0 Å². The monoisotopic (exact) mass is 367 g/mol. The minimum Gasteiger partial charge on any atom is -0.456 e. The first kappa shape index (κ1) is 19.0. The Morgan fingerprint density at radius 1 is 0.900 bits per heavy atom. The van der Waals surface area contributed by atoms with Gasteiger partial charge in [-0.05, 0) is 71.0 Å². The van der Waals surface area contributed by atoms with Gasteiger partial charge in [-0.1, -0.05) is 0 Å². The molecule has 9 heteroatoms. The molecule has 1 saturated heterocycles. The van der Waals surface area contributed by atoms with Crippen molar-refractivity contribution in [3.8, 4) is 0 Å². The maximum absolute atomic E-state index is 6.32. The van der Waals surface area contributed by atoms with Crippen LogP contribution in [0.2, 0.25) is 71.0 Å². The highest BCUT2D eigenvalue weighted by molar-refractivity contribution is 6.93. The third kappa shape index (κ3) is 6.79. The van der Waals surface area contributed by atoms with Gasteiger partial charge in [-0.3, -0.25) is 0 Å². The lowest BCUT2D eigenvalue weighted by atomic mass is 10.9. The van der Waals surface area contributed by atoms with E-state index in [1.165, 1.54) is 0 Å². The van der Waals surface area contributed by atoms with Gasteiger partial charge in [0.25, 0.3) is 0 Å². The molecule has 0 bridgehead atoms. The molecule has 1 aliphatic heterocycles. The summed E-state index contributed by atoms with van der Waals surface area (Å²) >= 11 is 0. The van der Waals surface area contributed by atoms with Gasteiger partial charge in [0.1, 0.15) is 0 Å². The fourth-order valence-corrected chi connectivity index (χ4v) is 26.1. The van der Waals surface area contributed by atoms with Crippen molar-refractivity contribution in [1.29, 1.82) is 0 Å². The third-order valence-electron chi connectivity index (χ3n) is 2.83. The van der Waals surface area contributed by atoms with E-state index in [2.05, 4.69) is 58.9 Å². The van der Waals surface area contributed by atoms with Gasteiger partial charge < -0.3 is 16.5 Å². The van der Waals surface area contributed by atoms with Crippen LogP contribution in [-0.4, -0.2) is 43.0 Å². The van der Waals surface area contributed by atoms with Crippen molar-refractivity contribution in [2.45, 2.75) is 71.0 Å². The van der Waals surface area contributed by atoms with Crippen LogP contribution in [-0.2, 0) is 16.5 Å². The quantitative estimate of drug-likeness (QED) is 0.688. The summed E-state index contributed by atoms with van der Waals surface area (Å²) < 4.78 is 25.0. The van der Waals surface area contributed by atoms with Crippen LogP contribution < -0.4 is 0 Å². The zero-order chi connectivity index (χ0) is 15.8. The van der Waals surface area contributed by atoms with E-state index >= 15 is 0 Å². The highest BCUT2D eigenvalue weighted by atomic mass is 28.5. The molecule has 0 unspecified atom stereocenters. The van der Waals surface area contributed by atoms with Crippen LogP contribution in [0.1, 0.15) is 0 Å². The van der Waals surface area contributed by atoms with Gasteiger partial charge in [-0.15, -0.1) is 0 Å². The number of hydrogen-bond acceptors (Lipinski definition) is 4. The normalized spacial score (nSPS) is 24.9. The molecule has 119 valence electrons. The molecule has 1 rings (SSSR count). The fourth-order valence-electron chi connectivity index (χ4n) is 2.77. The lowest BCUT2D eigenvalue weighted by molar-refractivity contribution is 0.233. The molecule has 0 aliphatic carbocycles. The summed E-state index contributed by atoms with van der Waals surface area (Å²) in [7, 11) is -8.24. The van der Waals surface area contributed by atoms with Crippen molar-refractivity contribution in [3.05, 3.63) is 0 Å². The summed E-state index contributed by atoms with van der Waals surface area (Å²) in [4.78, 5) is 0. The number of rotatable bonds is 5. The van der Waals surface area contributed by atoms with Gasteiger partial charge in [0.05, 0.1) is 0 Å². The first-order valence-electron chi connectivity index (χ1n) is 7.34. The minimum absolute atomic E-state index is 0.731. The second-order valence-electron chi connectivity index (χ2n) is 7.66. The highest BCUT2D eigenvalue weighted by Crippen LogP contribution is 2.33. The number of hydrogen-bond donors (Lipinski definition) is 0. The zero-order valence-corrected chi connectivity index (χ0v) is 19.5. The standard InChI is InChI=1S/C11H31O4Si5/c1-16(12-17(2,3)4)10-11-20(9)14-18(5,6)13-19(7,8)15-20/h10-11H2,1-9H3. The highest BCUT2D eigenvalue weighted by Gasteiger charge is 2.52. The Labute approximate surface area is 130 Å². The Balaban J connectivity index is 2.61. The first-order valence-corrected chi connectivity index (χ1v) is 21.0. The molecule has 0 aromatic carbocycles. The summed E-state index contributed by atoms with van der Waals surface area (Å²) in [5.74, 6) is 0. The molecule has 1 fully saturated rings. The van der Waals surface area contributed by atoms with E-state index in [1.54, 1.807) is 0 Å². The molecule has 0 aromatic rings. The molecule has 1 aliphatic rings.